The summed E-state index contributed by atoms with van der Waals surface area (Å²) in [6.45, 7) is 2.64. The van der Waals surface area contributed by atoms with Crippen molar-refractivity contribution in [3.05, 3.63) is 68.4 Å². The lowest BCUT2D eigenvalue weighted by Crippen LogP contribution is -2.32. The number of fused-ring (bicyclic) bond motifs is 1. The molecule has 1 aliphatic carbocycles. The van der Waals surface area contributed by atoms with Crippen LogP contribution in [0, 0.1) is 0 Å². The number of rotatable bonds is 5. The van der Waals surface area contributed by atoms with Gasteiger partial charge in [-0.25, -0.2) is 14.8 Å². The maximum atomic E-state index is 12.1. The second-order valence-corrected chi connectivity index (χ2v) is 6.47. The molecule has 27 heavy (non-hydrogen) atoms. The number of pyridine rings is 1. The molecule has 3 aromatic heterocycles. The van der Waals surface area contributed by atoms with Crippen LogP contribution >= 0.6 is 0 Å². The van der Waals surface area contributed by atoms with Crippen LogP contribution in [0.1, 0.15) is 30.2 Å². The number of aromatic nitrogens is 5. The van der Waals surface area contributed by atoms with Crippen LogP contribution < -0.4 is 16.6 Å². The maximum Gasteiger partial charge on any atom is 0.328 e. The predicted octanol–water partition coefficient (Wildman–Crippen LogP) is 1.51. The minimum Gasteiger partial charge on any atom is -0.365 e. The van der Waals surface area contributed by atoms with Gasteiger partial charge in [0.1, 0.15) is 5.82 Å². The van der Waals surface area contributed by atoms with Gasteiger partial charge in [0.2, 0.25) is 0 Å². The Morgan fingerprint density at radius 2 is 2.15 bits per heavy atom. The molecule has 1 aliphatic rings. The Bertz CT molecular complexity index is 1090. The van der Waals surface area contributed by atoms with Crippen molar-refractivity contribution < 1.29 is 0 Å². The highest BCUT2D eigenvalue weighted by atomic mass is 16.2. The Labute approximate surface area is 155 Å². The van der Waals surface area contributed by atoms with E-state index < -0.39 is 5.69 Å². The van der Waals surface area contributed by atoms with Crippen LogP contribution in [0.25, 0.3) is 11.4 Å². The van der Waals surface area contributed by atoms with Crippen LogP contribution in [-0.4, -0.2) is 24.5 Å². The zero-order chi connectivity index (χ0) is 18.8. The molecule has 0 unspecified atom stereocenters. The Kier molecular flexibility index (Phi) is 4.53. The van der Waals surface area contributed by atoms with Crippen molar-refractivity contribution in [1.29, 1.82) is 0 Å². The monoisotopic (exact) mass is 364 g/mol. The van der Waals surface area contributed by atoms with Crippen LogP contribution in [0.3, 0.4) is 0 Å². The Hall–Kier alpha value is -3.29. The number of anilines is 1. The number of hydrogen-bond acceptors (Lipinski definition) is 6. The molecule has 0 bridgehead atoms. The highest BCUT2D eigenvalue weighted by Gasteiger charge is 2.20. The molecule has 8 nitrogen and oxygen atoms in total. The average molecular weight is 364 g/mol. The molecule has 138 valence electrons. The van der Waals surface area contributed by atoms with Gasteiger partial charge >= 0.3 is 5.69 Å². The molecule has 2 N–H and O–H groups in total. The first-order valence-electron chi connectivity index (χ1n) is 9.02. The summed E-state index contributed by atoms with van der Waals surface area (Å²) < 4.78 is 1.48. The summed E-state index contributed by atoms with van der Waals surface area (Å²) in [5.74, 6) is 1.36. The molecule has 8 heteroatoms. The number of nitrogens with zero attached hydrogens (tertiary/aromatic N) is 4. The fourth-order valence-corrected chi connectivity index (χ4v) is 3.30. The van der Waals surface area contributed by atoms with E-state index in [9.17, 15) is 9.59 Å². The number of aromatic amines is 1. The average Bonchev–Trinajstić information content (AvgIpc) is 3.16. The lowest BCUT2D eigenvalue weighted by molar-refractivity contribution is 0.683. The third-order valence-electron chi connectivity index (χ3n) is 4.72. The summed E-state index contributed by atoms with van der Waals surface area (Å²) in [5.41, 5.74) is 2.71. The highest BCUT2D eigenvalue weighted by molar-refractivity contribution is 5.59. The van der Waals surface area contributed by atoms with Crippen molar-refractivity contribution in [2.75, 3.05) is 5.32 Å². The van der Waals surface area contributed by atoms with Gasteiger partial charge in [0.25, 0.3) is 5.56 Å². The van der Waals surface area contributed by atoms with Crippen molar-refractivity contribution in [1.82, 2.24) is 24.5 Å². The van der Waals surface area contributed by atoms with Crippen molar-refractivity contribution in [2.45, 2.75) is 39.3 Å². The Balaban J connectivity index is 1.67. The molecule has 0 fully saturated rings. The van der Waals surface area contributed by atoms with E-state index in [1.165, 1.54) is 4.57 Å². The lowest BCUT2D eigenvalue weighted by atomic mass is 10.2. The van der Waals surface area contributed by atoms with E-state index in [4.69, 9.17) is 4.98 Å². The van der Waals surface area contributed by atoms with Gasteiger partial charge in [-0.05, 0) is 38.3 Å². The number of nitrogens with one attached hydrogen (secondary N) is 2. The van der Waals surface area contributed by atoms with Crippen LogP contribution in [0.4, 0.5) is 5.82 Å². The topological polar surface area (TPSA) is 106 Å². The number of hydrogen-bond donors (Lipinski definition) is 2. The van der Waals surface area contributed by atoms with Crippen LogP contribution in [-0.2, 0) is 25.9 Å². The normalized spacial score (nSPS) is 12.8. The summed E-state index contributed by atoms with van der Waals surface area (Å²) in [7, 11) is 0. The minimum atomic E-state index is -0.395. The van der Waals surface area contributed by atoms with E-state index in [0.717, 1.165) is 41.9 Å². The molecule has 0 amide bonds. The predicted molar refractivity (Wildman–Crippen MR) is 102 cm³/mol. The van der Waals surface area contributed by atoms with Gasteiger partial charge in [-0.1, -0.05) is 0 Å². The first-order chi connectivity index (χ1) is 13.2. The molecular formula is C19H20N6O2. The smallest absolute Gasteiger partial charge is 0.328 e. The SMILES string of the molecule is CCn1cc(CNc2nc(-c3cccnc3)nc3c2CCC3)c(=O)[nH]c1=O. The van der Waals surface area contributed by atoms with Gasteiger partial charge in [0.05, 0.1) is 5.56 Å². The van der Waals surface area contributed by atoms with Gasteiger partial charge in [-0.2, -0.15) is 0 Å². The molecule has 0 spiro atoms. The zero-order valence-electron chi connectivity index (χ0n) is 15.0. The van der Waals surface area contributed by atoms with Crippen molar-refractivity contribution in [2.24, 2.45) is 0 Å². The van der Waals surface area contributed by atoms with Crippen LogP contribution in [0.2, 0.25) is 0 Å². The number of H-pyrrole nitrogens is 1. The molecule has 0 radical (unpaired) electrons. The summed E-state index contributed by atoms with van der Waals surface area (Å²) >= 11 is 0. The molecule has 0 saturated carbocycles. The first-order valence-corrected chi connectivity index (χ1v) is 9.02. The van der Waals surface area contributed by atoms with E-state index in [2.05, 4.69) is 20.3 Å². The second-order valence-electron chi connectivity index (χ2n) is 6.47. The quantitative estimate of drug-likeness (QED) is 0.711. The van der Waals surface area contributed by atoms with Crippen molar-refractivity contribution in [3.63, 3.8) is 0 Å². The van der Waals surface area contributed by atoms with E-state index in [-0.39, 0.29) is 12.1 Å². The lowest BCUT2D eigenvalue weighted by Gasteiger charge is -2.12. The summed E-state index contributed by atoms with van der Waals surface area (Å²) in [6, 6.07) is 3.78. The molecule has 0 aliphatic heterocycles. The summed E-state index contributed by atoms with van der Waals surface area (Å²) in [4.78, 5) is 39.7. The second kappa shape index (κ2) is 7.14. The first kappa shape index (κ1) is 17.1. The molecular weight excluding hydrogens is 344 g/mol. The molecule has 3 heterocycles. The third kappa shape index (κ3) is 3.38. The standard InChI is InChI=1S/C19H20N6O2/c1-2-25-11-13(18(26)24-19(25)27)10-21-17-14-6-3-7-15(14)22-16(23-17)12-5-4-8-20-9-12/h4-5,8-9,11H,2-3,6-7,10H2,1H3,(H,21,22,23)(H,24,26,27). The van der Waals surface area contributed by atoms with Crippen LogP contribution in [0.15, 0.2) is 40.3 Å². The van der Waals surface area contributed by atoms with E-state index >= 15 is 0 Å². The fraction of sp³-hybridized carbons (Fsp3) is 0.316. The molecule has 3 aromatic rings. The van der Waals surface area contributed by atoms with Gasteiger partial charge < -0.3 is 9.88 Å². The van der Waals surface area contributed by atoms with Gasteiger partial charge in [0, 0.05) is 48.5 Å². The van der Waals surface area contributed by atoms with E-state index in [1.807, 2.05) is 19.1 Å². The maximum absolute atomic E-state index is 12.1. The van der Waals surface area contributed by atoms with Gasteiger partial charge in [-0.3, -0.25) is 14.8 Å². The summed E-state index contributed by atoms with van der Waals surface area (Å²) in [5, 5.41) is 3.28. The molecule has 0 aromatic carbocycles. The molecule has 0 saturated heterocycles. The molecule has 4 rings (SSSR count). The van der Waals surface area contributed by atoms with Crippen molar-refractivity contribution >= 4 is 5.82 Å². The zero-order valence-corrected chi connectivity index (χ0v) is 15.0. The minimum absolute atomic E-state index is 0.283. The van der Waals surface area contributed by atoms with Crippen molar-refractivity contribution in [3.8, 4) is 11.4 Å². The number of aryl methyl sites for hydroxylation is 2. The fourth-order valence-electron chi connectivity index (χ4n) is 3.30. The molecule has 0 atom stereocenters. The Morgan fingerprint density at radius 1 is 1.26 bits per heavy atom. The Morgan fingerprint density at radius 3 is 2.93 bits per heavy atom. The largest absolute Gasteiger partial charge is 0.365 e. The van der Waals surface area contributed by atoms with Crippen LogP contribution in [0.5, 0.6) is 0 Å². The van der Waals surface area contributed by atoms with E-state index in [1.54, 1.807) is 18.6 Å². The van der Waals surface area contributed by atoms with Gasteiger partial charge in [-0.15, -0.1) is 0 Å². The van der Waals surface area contributed by atoms with E-state index in [0.29, 0.717) is 17.9 Å². The van der Waals surface area contributed by atoms with Gasteiger partial charge in [0.15, 0.2) is 5.82 Å². The third-order valence-corrected chi connectivity index (χ3v) is 4.72. The summed E-state index contributed by atoms with van der Waals surface area (Å²) in [6.07, 6.45) is 7.91. The highest BCUT2D eigenvalue weighted by Crippen LogP contribution is 2.29.